The predicted octanol–water partition coefficient (Wildman–Crippen LogP) is 3.31. The molecule has 1 saturated heterocycles. The highest BCUT2D eigenvalue weighted by Crippen LogP contribution is 2.12. The summed E-state index contributed by atoms with van der Waals surface area (Å²) in [6.45, 7) is 4.41. The minimum Gasteiger partial charge on any atom is -0.311 e. The lowest BCUT2D eigenvalue weighted by Gasteiger charge is -2.34. The summed E-state index contributed by atoms with van der Waals surface area (Å²) in [6.07, 6.45) is 1.12. The second kappa shape index (κ2) is 7.38. The monoisotopic (exact) mass is 392 g/mol. The Kier molecular flexibility index (Phi) is 5.27. The molecule has 1 N–H and O–H groups in total. The summed E-state index contributed by atoms with van der Waals surface area (Å²) in [4.78, 5) is 2.56. The first-order chi connectivity index (χ1) is 10.3. The van der Waals surface area contributed by atoms with Gasteiger partial charge in [-0.3, -0.25) is 4.90 Å². The molecule has 2 nitrogen and oxygen atoms in total. The van der Waals surface area contributed by atoms with Gasteiger partial charge in [-0.2, -0.15) is 0 Å². The zero-order chi connectivity index (χ0) is 14.5. The van der Waals surface area contributed by atoms with Crippen LogP contribution in [0.15, 0.2) is 54.6 Å². The number of rotatable bonds is 4. The van der Waals surface area contributed by atoms with Gasteiger partial charge in [0.1, 0.15) is 0 Å². The van der Waals surface area contributed by atoms with E-state index in [1.165, 1.54) is 14.7 Å². The molecular weight excluding hydrogens is 371 g/mol. The van der Waals surface area contributed by atoms with E-state index in [0.717, 1.165) is 32.6 Å². The number of hydrogen-bond donors (Lipinski definition) is 1. The minimum atomic E-state index is 0.560. The van der Waals surface area contributed by atoms with Crippen LogP contribution in [0, 0.1) is 3.57 Å². The maximum Gasteiger partial charge on any atom is 0.0236 e. The standard InChI is InChI=1S/C18H21IN2/c19-17-8-6-16(7-9-17)13-21-11-10-20-18(14-21)12-15-4-2-1-3-5-15/h1-9,18,20H,10-14H2. The fourth-order valence-electron chi connectivity index (χ4n) is 2.92. The molecule has 1 heterocycles. The van der Waals surface area contributed by atoms with E-state index in [0.29, 0.717) is 6.04 Å². The van der Waals surface area contributed by atoms with Gasteiger partial charge in [-0.05, 0) is 52.3 Å². The molecule has 3 heteroatoms. The number of nitrogens with one attached hydrogen (secondary N) is 1. The van der Waals surface area contributed by atoms with Crippen LogP contribution in [0.4, 0.5) is 0 Å². The molecule has 110 valence electrons. The number of piperazine rings is 1. The molecule has 2 aromatic rings. The summed E-state index contributed by atoms with van der Waals surface area (Å²) in [5.74, 6) is 0. The van der Waals surface area contributed by atoms with Crippen LogP contribution in [0.2, 0.25) is 0 Å². The van der Waals surface area contributed by atoms with Crippen LogP contribution >= 0.6 is 22.6 Å². The molecule has 0 aromatic heterocycles. The normalized spacial score (nSPS) is 19.6. The lowest BCUT2D eigenvalue weighted by Crippen LogP contribution is -2.51. The van der Waals surface area contributed by atoms with Crippen molar-refractivity contribution in [2.45, 2.75) is 19.0 Å². The van der Waals surface area contributed by atoms with Gasteiger partial charge in [0.2, 0.25) is 0 Å². The molecule has 0 radical (unpaired) electrons. The summed E-state index contributed by atoms with van der Waals surface area (Å²) in [6, 6.07) is 20.2. The highest BCUT2D eigenvalue weighted by atomic mass is 127. The van der Waals surface area contributed by atoms with Crippen molar-refractivity contribution in [1.29, 1.82) is 0 Å². The van der Waals surface area contributed by atoms with Gasteiger partial charge >= 0.3 is 0 Å². The smallest absolute Gasteiger partial charge is 0.0236 e. The lowest BCUT2D eigenvalue weighted by atomic mass is 10.0. The van der Waals surface area contributed by atoms with Gasteiger partial charge in [0, 0.05) is 35.8 Å². The van der Waals surface area contributed by atoms with E-state index in [2.05, 4.69) is 87.4 Å². The van der Waals surface area contributed by atoms with E-state index in [9.17, 15) is 0 Å². The molecule has 2 aromatic carbocycles. The SMILES string of the molecule is Ic1ccc(CN2CCNC(Cc3ccccc3)C2)cc1. The number of halogens is 1. The highest BCUT2D eigenvalue weighted by Gasteiger charge is 2.19. The van der Waals surface area contributed by atoms with Crippen molar-refractivity contribution in [1.82, 2.24) is 10.2 Å². The molecule has 1 unspecified atom stereocenters. The van der Waals surface area contributed by atoms with Crippen LogP contribution in [-0.2, 0) is 13.0 Å². The number of benzene rings is 2. The van der Waals surface area contributed by atoms with Crippen molar-refractivity contribution in [3.8, 4) is 0 Å². The third-order valence-electron chi connectivity index (χ3n) is 3.98. The Hall–Kier alpha value is -0.910. The molecule has 1 aliphatic heterocycles. The summed E-state index contributed by atoms with van der Waals surface area (Å²) >= 11 is 2.36. The van der Waals surface area contributed by atoms with Gasteiger partial charge < -0.3 is 5.32 Å². The third-order valence-corrected chi connectivity index (χ3v) is 4.70. The Bertz CT molecular complexity index is 553. The van der Waals surface area contributed by atoms with E-state index in [-0.39, 0.29) is 0 Å². The molecule has 1 atom stereocenters. The number of nitrogens with zero attached hydrogens (tertiary/aromatic N) is 1. The second-order valence-electron chi connectivity index (χ2n) is 5.70. The Morgan fingerprint density at radius 2 is 1.76 bits per heavy atom. The highest BCUT2D eigenvalue weighted by molar-refractivity contribution is 14.1. The van der Waals surface area contributed by atoms with Crippen molar-refractivity contribution < 1.29 is 0 Å². The average molecular weight is 392 g/mol. The fraction of sp³-hybridized carbons (Fsp3) is 0.333. The van der Waals surface area contributed by atoms with Gasteiger partial charge in [0.25, 0.3) is 0 Å². The van der Waals surface area contributed by atoms with Gasteiger partial charge in [-0.25, -0.2) is 0 Å². The van der Waals surface area contributed by atoms with E-state index in [4.69, 9.17) is 0 Å². The van der Waals surface area contributed by atoms with Crippen molar-refractivity contribution in [2.75, 3.05) is 19.6 Å². The molecule has 21 heavy (non-hydrogen) atoms. The van der Waals surface area contributed by atoms with E-state index in [1.807, 2.05) is 0 Å². The molecular formula is C18H21IN2. The van der Waals surface area contributed by atoms with Crippen LogP contribution in [-0.4, -0.2) is 30.6 Å². The van der Waals surface area contributed by atoms with Crippen LogP contribution < -0.4 is 5.32 Å². The van der Waals surface area contributed by atoms with Gasteiger partial charge in [0.15, 0.2) is 0 Å². The minimum absolute atomic E-state index is 0.560. The van der Waals surface area contributed by atoms with E-state index >= 15 is 0 Å². The summed E-state index contributed by atoms with van der Waals surface area (Å²) in [5, 5.41) is 3.65. The first-order valence-electron chi connectivity index (χ1n) is 7.54. The van der Waals surface area contributed by atoms with Crippen LogP contribution in [0.5, 0.6) is 0 Å². The third kappa shape index (κ3) is 4.53. The van der Waals surface area contributed by atoms with Crippen molar-refractivity contribution in [3.05, 3.63) is 69.3 Å². The van der Waals surface area contributed by atoms with E-state index < -0.39 is 0 Å². The van der Waals surface area contributed by atoms with Crippen molar-refractivity contribution in [3.63, 3.8) is 0 Å². The summed E-state index contributed by atoms with van der Waals surface area (Å²) < 4.78 is 1.30. The molecule has 1 fully saturated rings. The van der Waals surface area contributed by atoms with Crippen LogP contribution in [0.25, 0.3) is 0 Å². The van der Waals surface area contributed by atoms with E-state index in [1.54, 1.807) is 0 Å². The second-order valence-corrected chi connectivity index (χ2v) is 6.95. The fourth-order valence-corrected chi connectivity index (χ4v) is 3.28. The molecule has 3 rings (SSSR count). The van der Waals surface area contributed by atoms with Crippen LogP contribution in [0.3, 0.4) is 0 Å². The lowest BCUT2D eigenvalue weighted by molar-refractivity contribution is 0.192. The van der Waals surface area contributed by atoms with Gasteiger partial charge in [0.05, 0.1) is 0 Å². The van der Waals surface area contributed by atoms with Gasteiger partial charge in [-0.1, -0.05) is 42.5 Å². The maximum absolute atomic E-state index is 3.65. The molecule has 0 bridgehead atoms. The Labute approximate surface area is 140 Å². The average Bonchev–Trinajstić information content (AvgIpc) is 2.51. The zero-order valence-electron chi connectivity index (χ0n) is 12.1. The molecule has 0 saturated carbocycles. The van der Waals surface area contributed by atoms with Gasteiger partial charge in [-0.15, -0.1) is 0 Å². The maximum atomic E-state index is 3.65. The molecule has 0 aliphatic carbocycles. The first-order valence-corrected chi connectivity index (χ1v) is 8.61. The molecule has 1 aliphatic rings. The topological polar surface area (TPSA) is 15.3 Å². The first kappa shape index (κ1) is 15.0. The Morgan fingerprint density at radius 1 is 1.00 bits per heavy atom. The van der Waals surface area contributed by atoms with Crippen molar-refractivity contribution >= 4 is 22.6 Å². The number of hydrogen-bond acceptors (Lipinski definition) is 2. The quantitative estimate of drug-likeness (QED) is 0.804. The van der Waals surface area contributed by atoms with Crippen molar-refractivity contribution in [2.24, 2.45) is 0 Å². The Balaban J connectivity index is 1.57. The largest absolute Gasteiger partial charge is 0.311 e. The van der Waals surface area contributed by atoms with Crippen LogP contribution in [0.1, 0.15) is 11.1 Å². The predicted molar refractivity (Wildman–Crippen MR) is 96.4 cm³/mol. The summed E-state index contributed by atoms with van der Waals surface area (Å²) in [7, 11) is 0. The summed E-state index contributed by atoms with van der Waals surface area (Å²) in [5.41, 5.74) is 2.84. The molecule has 0 spiro atoms. The zero-order valence-corrected chi connectivity index (χ0v) is 14.3. The Morgan fingerprint density at radius 3 is 2.52 bits per heavy atom. The molecule has 0 amide bonds.